The van der Waals surface area contributed by atoms with Crippen molar-refractivity contribution in [3.8, 4) is 28.6 Å². The third kappa shape index (κ3) is 3.06. The number of carbonyl (C=O) groups excluding carboxylic acids is 1. The van der Waals surface area contributed by atoms with Crippen LogP contribution in [0.15, 0.2) is 30.3 Å². The number of hydrogen-bond donors (Lipinski definition) is 3. The maximum absolute atomic E-state index is 12.0. The quantitative estimate of drug-likeness (QED) is 0.627. The molecule has 1 amide bonds. The molecule has 0 spiro atoms. The number of nitrogens with zero attached hydrogens (tertiary/aromatic N) is 4. The van der Waals surface area contributed by atoms with E-state index >= 15 is 0 Å². The van der Waals surface area contributed by atoms with Crippen molar-refractivity contribution in [2.24, 2.45) is 5.73 Å². The number of aromatic nitrogens is 3. The summed E-state index contributed by atoms with van der Waals surface area (Å²) < 4.78 is 1.55. The van der Waals surface area contributed by atoms with Gasteiger partial charge in [-0.05, 0) is 47.7 Å². The highest BCUT2D eigenvalue weighted by molar-refractivity contribution is 5.91. The van der Waals surface area contributed by atoms with Crippen molar-refractivity contribution in [3.05, 3.63) is 47.3 Å². The van der Waals surface area contributed by atoms with E-state index in [0.29, 0.717) is 16.8 Å². The van der Waals surface area contributed by atoms with E-state index < -0.39 is 5.91 Å². The van der Waals surface area contributed by atoms with Crippen LogP contribution < -0.4 is 10.6 Å². The number of likely N-dealkylation sites (N-methyl/N-ethyl adjacent to an activating group) is 1. The maximum Gasteiger partial charge on any atom is 0.287 e. The van der Waals surface area contributed by atoms with Gasteiger partial charge in [-0.25, -0.2) is 0 Å². The van der Waals surface area contributed by atoms with E-state index in [1.54, 1.807) is 10.6 Å². The van der Waals surface area contributed by atoms with Crippen molar-refractivity contribution >= 4 is 11.6 Å². The average molecular weight is 393 g/mol. The summed E-state index contributed by atoms with van der Waals surface area (Å²) in [5.41, 5.74) is 9.54. The molecule has 1 aliphatic heterocycles. The van der Waals surface area contributed by atoms with E-state index in [1.807, 2.05) is 39.1 Å². The summed E-state index contributed by atoms with van der Waals surface area (Å²) in [6.07, 6.45) is 0.894. The Morgan fingerprint density at radius 2 is 1.90 bits per heavy atom. The Hall–Kier alpha value is -3.55. The van der Waals surface area contributed by atoms with Gasteiger partial charge >= 0.3 is 0 Å². The normalized spacial score (nSPS) is 13.2. The lowest BCUT2D eigenvalue weighted by molar-refractivity contribution is 0.0988. The summed E-state index contributed by atoms with van der Waals surface area (Å²) in [7, 11) is 2.03. The molecule has 2 heterocycles. The summed E-state index contributed by atoms with van der Waals surface area (Å²) in [5.74, 6) is -0.588. The number of primary amides is 1. The number of phenols is 2. The van der Waals surface area contributed by atoms with E-state index in [2.05, 4.69) is 15.1 Å². The van der Waals surface area contributed by atoms with Gasteiger partial charge in [0.05, 0.1) is 5.56 Å². The molecular weight excluding hydrogens is 370 g/mol. The Balaban J connectivity index is 1.94. The molecular formula is C21H23N5O3. The second-order valence-electron chi connectivity index (χ2n) is 7.61. The summed E-state index contributed by atoms with van der Waals surface area (Å²) >= 11 is 0. The molecule has 150 valence electrons. The van der Waals surface area contributed by atoms with Crippen LogP contribution >= 0.6 is 0 Å². The van der Waals surface area contributed by atoms with Crippen LogP contribution in [-0.4, -0.2) is 44.5 Å². The predicted molar refractivity (Wildman–Crippen MR) is 110 cm³/mol. The van der Waals surface area contributed by atoms with E-state index in [0.717, 1.165) is 24.2 Å². The first-order chi connectivity index (χ1) is 13.8. The summed E-state index contributed by atoms with van der Waals surface area (Å²) in [6, 6.07) is 8.80. The van der Waals surface area contributed by atoms with Gasteiger partial charge < -0.3 is 20.8 Å². The molecule has 1 aromatic heterocycles. The lowest BCUT2D eigenvalue weighted by Gasteiger charge is -2.16. The zero-order chi connectivity index (χ0) is 20.9. The summed E-state index contributed by atoms with van der Waals surface area (Å²) in [5, 5.41) is 28.8. The molecule has 0 fully saturated rings. The smallest absolute Gasteiger partial charge is 0.287 e. The molecule has 8 nitrogen and oxygen atoms in total. The topological polar surface area (TPSA) is 118 Å². The van der Waals surface area contributed by atoms with Gasteiger partial charge in [0.2, 0.25) is 5.82 Å². The Kier molecular flexibility index (Phi) is 4.41. The van der Waals surface area contributed by atoms with Gasteiger partial charge in [0.1, 0.15) is 11.5 Å². The van der Waals surface area contributed by atoms with Gasteiger partial charge in [-0.3, -0.25) is 9.36 Å². The Bertz CT molecular complexity index is 1120. The zero-order valence-electron chi connectivity index (χ0n) is 16.5. The fourth-order valence-corrected chi connectivity index (χ4v) is 3.79. The molecule has 8 heteroatoms. The number of carbonyl (C=O) groups is 1. The third-order valence-corrected chi connectivity index (χ3v) is 5.34. The van der Waals surface area contributed by atoms with E-state index in [4.69, 9.17) is 5.73 Å². The number of anilines is 1. The molecule has 4 N–H and O–H groups in total. The number of aromatic hydroxyl groups is 2. The third-order valence-electron chi connectivity index (χ3n) is 5.34. The Labute approximate surface area is 168 Å². The first-order valence-corrected chi connectivity index (χ1v) is 9.43. The predicted octanol–water partition coefficient (Wildman–Crippen LogP) is 2.56. The van der Waals surface area contributed by atoms with Gasteiger partial charge in [-0.1, -0.05) is 13.8 Å². The largest absolute Gasteiger partial charge is 0.508 e. The van der Waals surface area contributed by atoms with Gasteiger partial charge in [0.15, 0.2) is 5.82 Å². The molecule has 0 unspecified atom stereocenters. The monoisotopic (exact) mass is 393 g/mol. The lowest BCUT2D eigenvalue weighted by Crippen LogP contribution is -2.18. The van der Waals surface area contributed by atoms with Crippen LogP contribution in [0.4, 0.5) is 5.69 Å². The molecule has 0 bridgehead atoms. The molecule has 0 atom stereocenters. The highest BCUT2D eigenvalue weighted by atomic mass is 16.3. The number of rotatable bonds is 4. The molecule has 3 aromatic rings. The number of fused-ring (bicyclic) bond motifs is 1. The van der Waals surface area contributed by atoms with E-state index in [-0.39, 0.29) is 29.1 Å². The minimum atomic E-state index is -0.719. The van der Waals surface area contributed by atoms with Crippen molar-refractivity contribution in [2.45, 2.75) is 26.2 Å². The fraction of sp³-hybridized carbons (Fsp3) is 0.286. The second kappa shape index (κ2) is 6.80. The highest BCUT2D eigenvalue weighted by Gasteiger charge is 2.24. The van der Waals surface area contributed by atoms with Crippen molar-refractivity contribution in [3.63, 3.8) is 0 Å². The molecule has 0 saturated carbocycles. The number of benzene rings is 2. The zero-order valence-corrected chi connectivity index (χ0v) is 16.5. The molecule has 2 aromatic carbocycles. The second-order valence-corrected chi connectivity index (χ2v) is 7.61. The Morgan fingerprint density at radius 3 is 2.59 bits per heavy atom. The number of nitrogens with two attached hydrogens (primary N) is 1. The van der Waals surface area contributed by atoms with E-state index in [9.17, 15) is 15.0 Å². The molecule has 0 saturated heterocycles. The van der Waals surface area contributed by atoms with Crippen molar-refractivity contribution < 1.29 is 15.0 Å². The van der Waals surface area contributed by atoms with Crippen LogP contribution in [0.25, 0.3) is 17.1 Å². The average Bonchev–Trinajstić information content (AvgIpc) is 3.25. The van der Waals surface area contributed by atoms with Crippen molar-refractivity contribution in [2.75, 3.05) is 18.5 Å². The van der Waals surface area contributed by atoms with Crippen LogP contribution in [0, 0.1) is 0 Å². The number of hydrogen-bond acceptors (Lipinski definition) is 6. The van der Waals surface area contributed by atoms with Crippen LogP contribution in [0.5, 0.6) is 11.5 Å². The SMILES string of the molecule is CC(C)c1cc(-c2nnc(C(N)=O)n2-c2ccc3c(c2)CCN3C)c(O)cc1O. The number of phenolic OH excluding ortho intramolecular Hbond substituents is 2. The van der Waals surface area contributed by atoms with Gasteiger partial charge in [-0.2, -0.15) is 0 Å². The fourth-order valence-electron chi connectivity index (χ4n) is 3.79. The Morgan fingerprint density at radius 1 is 1.14 bits per heavy atom. The summed E-state index contributed by atoms with van der Waals surface area (Å²) in [6.45, 7) is 4.80. The van der Waals surface area contributed by atoms with Crippen LogP contribution in [-0.2, 0) is 6.42 Å². The van der Waals surface area contributed by atoms with Crippen LogP contribution in [0.2, 0.25) is 0 Å². The molecule has 1 aliphatic rings. The molecule has 0 aliphatic carbocycles. The standard InChI is InChI=1S/C21H23N5O3/c1-11(2)14-9-15(18(28)10-17(14)27)20-23-24-21(19(22)29)26(20)13-4-5-16-12(8-13)6-7-25(16)3/h4-5,8-11,27-28H,6-7H2,1-3H3,(H2,22,29). The summed E-state index contributed by atoms with van der Waals surface area (Å²) in [4.78, 5) is 14.2. The van der Waals surface area contributed by atoms with E-state index in [1.165, 1.54) is 6.07 Å². The highest BCUT2D eigenvalue weighted by Crippen LogP contribution is 2.38. The molecule has 0 radical (unpaired) electrons. The molecule has 4 rings (SSSR count). The van der Waals surface area contributed by atoms with Crippen molar-refractivity contribution in [1.29, 1.82) is 0 Å². The first-order valence-electron chi connectivity index (χ1n) is 9.43. The van der Waals surface area contributed by atoms with Crippen LogP contribution in [0.3, 0.4) is 0 Å². The minimum Gasteiger partial charge on any atom is -0.508 e. The van der Waals surface area contributed by atoms with Gasteiger partial charge in [0, 0.05) is 31.0 Å². The number of amides is 1. The van der Waals surface area contributed by atoms with Crippen LogP contribution in [0.1, 0.15) is 41.5 Å². The minimum absolute atomic E-state index is 0.00279. The van der Waals surface area contributed by atoms with Gasteiger partial charge in [0.25, 0.3) is 5.91 Å². The maximum atomic E-state index is 12.0. The molecule has 29 heavy (non-hydrogen) atoms. The first kappa shape index (κ1) is 18.8. The van der Waals surface area contributed by atoms with Gasteiger partial charge in [-0.15, -0.1) is 10.2 Å². The van der Waals surface area contributed by atoms with Crippen molar-refractivity contribution in [1.82, 2.24) is 14.8 Å². The lowest BCUT2D eigenvalue weighted by atomic mass is 9.98.